The average molecular weight is 269 g/mol. The Balaban J connectivity index is 2.04. The quantitative estimate of drug-likeness (QED) is 0.722. The second-order valence-electron chi connectivity index (χ2n) is 6.28. The van der Waals surface area contributed by atoms with Crippen LogP contribution >= 0.6 is 0 Å². The number of hydrogen-bond donors (Lipinski definition) is 0. The first-order valence-corrected chi connectivity index (χ1v) is 7.01. The van der Waals surface area contributed by atoms with Crippen LogP contribution in [0.25, 0.3) is 0 Å². The maximum Gasteiger partial charge on any atom is 0.410 e. The molecule has 19 heavy (non-hydrogen) atoms. The molecule has 2 aliphatic rings. The van der Waals surface area contributed by atoms with Crippen molar-refractivity contribution in [3.05, 3.63) is 0 Å². The number of nitrogens with zero attached hydrogens (tertiary/aromatic N) is 1. The first kappa shape index (κ1) is 14.2. The van der Waals surface area contributed by atoms with Gasteiger partial charge in [-0.15, -0.1) is 0 Å². The minimum atomic E-state index is -0.501. The van der Waals surface area contributed by atoms with Crippen molar-refractivity contribution in [1.82, 2.24) is 4.90 Å². The van der Waals surface area contributed by atoms with E-state index in [-0.39, 0.29) is 30.1 Å². The lowest BCUT2D eigenvalue weighted by Gasteiger charge is -2.28. The van der Waals surface area contributed by atoms with Crippen molar-refractivity contribution in [2.45, 2.75) is 64.6 Å². The van der Waals surface area contributed by atoms with Crippen LogP contribution in [0, 0.1) is 5.92 Å². The lowest BCUT2D eigenvalue weighted by molar-refractivity contribution is -0.148. The predicted molar refractivity (Wildman–Crippen MR) is 69.6 cm³/mol. The fourth-order valence-corrected chi connectivity index (χ4v) is 3.09. The van der Waals surface area contributed by atoms with Gasteiger partial charge in [-0.3, -0.25) is 4.79 Å². The van der Waals surface area contributed by atoms with Crippen LogP contribution < -0.4 is 0 Å². The molecule has 2 rings (SSSR count). The fourth-order valence-electron chi connectivity index (χ4n) is 3.09. The van der Waals surface area contributed by atoms with Crippen LogP contribution in [0.4, 0.5) is 4.79 Å². The van der Waals surface area contributed by atoms with Crippen molar-refractivity contribution in [3.63, 3.8) is 0 Å². The summed E-state index contributed by atoms with van der Waals surface area (Å²) in [6, 6.07) is 0.0909. The van der Waals surface area contributed by atoms with Gasteiger partial charge in [-0.05, 0) is 47.0 Å². The predicted octanol–water partition coefficient (Wildman–Crippen LogP) is 2.34. The van der Waals surface area contributed by atoms with Crippen molar-refractivity contribution in [2.75, 3.05) is 6.61 Å². The molecular weight excluding hydrogens is 246 g/mol. The molecule has 3 atom stereocenters. The van der Waals surface area contributed by atoms with Crippen LogP contribution in [0.3, 0.4) is 0 Å². The first-order chi connectivity index (χ1) is 8.83. The van der Waals surface area contributed by atoms with Crippen molar-refractivity contribution in [2.24, 2.45) is 5.92 Å². The first-order valence-electron chi connectivity index (χ1n) is 7.01. The number of rotatable bonds is 2. The molecule has 5 nitrogen and oxygen atoms in total. The third-order valence-corrected chi connectivity index (χ3v) is 3.73. The summed E-state index contributed by atoms with van der Waals surface area (Å²) in [6.07, 6.45) is 2.24. The molecule has 2 aliphatic heterocycles. The zero-order valence-electron chi connectivity index (χ0n) is 12.1. The summed E-state index contributed by atoms with van der Waals surface area (Å²) in [7, 11) is 0. The molecule has 2 heterocycles. The largest absolute Gasteiger partial charge is 0.466 e. The zero-order chi connectivity index (χ0) is 14.2. The number of ether oxygens (including phenoxy) is 2. The van der Waals surface area contributed by atoms with Gasteiger partial charge in [0.25, 0.3) is 0 Å². The Morgan fingerprint density at radius 3 is 2.53 bits per heavy atom. The van der Waals surface area contributed by atoms with Gasteiger partial charge in [-0.2, -0.15) is 0 Å². The van der Waals surface area contributed by atoms with Crippen molar-refractivity contribution < 1.29 is 19.1 Å². The normalized spacial score (nSPS) is 29.5. The molecule has 0 spiro atoms. The highest BCUT2D eigenvalue weighted by molar-refractivity contribution is 5.77. The van der Waals surface area contributed by atoms with Gasteiger partial charge in [0.2, 0.25) is 0 Å². The molecule has 2 fully saturated rings. The molecule has 2 saturated heterocycles. The number of carbonyl (C=O) groups excluding carboxylic acids is 2. The number of carbonyl (C=O) groups is 2. The van der Waals surface area contributed by atoms with E-state index in [0.717, 1.165) is 12.8 Å². The van der Waals surface area contributed by atoms with E-state index in [0.29, 0.717) is 13.0 Å². The van der Waals surface area contributed by atoms with Gasteiger partial charge in [0.05, 0.1) is 12.5 Å². The van der Waals surface area contributed by atoms with Gasteiger partial charge >= 0.3 is 12.1 Å². The highest BCUT2D eigenvalue weighted by Crippen LogP contribution is 2.42. The zero-order valence-corrected chi connectivity index (χ0v) is 12.1. The highest BCUT2D eigenvalue weighted by atomic mass is 16.6. The van der Waals surface area contributed by atoms with Gasteiger partial charge in [-0.1, -0.05) is 0 Å². The Labute approximate surface area is 114 Å². The monoisotopic (exact) mass is 269 g/mol. The summed E-state index contributed by atoms with van der Waals surface area (Å²) < 4.78 is 10.5. The van der Waals surface area contributed by atoms with Crippen LogP contribution in [0.1, 0.15) is 47.0 Å². The average Bonchev–Trinajstić information content (AvgIpc) is 2.83. The van der Waals surface area contributed by atoms with Gasteiger partial charge in [-0.25, -0.2) is 4.79 Å². The van der Waals surface area contributed by atoms with Crippen LogP contribution in [-0.2, 0) is 14.3 Å². The van der Waals surface area contributed by atoms with E-state index in [2.05, 4.69) is 0 Å². The minimum absolute atomic E-state index is 0.0427. The third-order valence-electron chi connectivity index (χ3n) is 3.73. The maximum absolute atomic E-state index is 12.2. The molecular formula is C14H23NO4. The SMILES string of the molecule is CCOC(=O)[C@H]1C[C@H]2CC[C@@H]1N2C(=O)OC(C)(C)C. The number of amides is 1. The summed E-state index contributed by atoms with van der Waals surface area (Å²) in [5, 5.41) is 0. The topological polar surface area (TPSA) is 55.8 Å². The summed E-state index contributed by atoms with van der Waals surface area (Å²) in [4.78, 5) is 25.8. The van der Waals surface area contributed by atoms with E-state index in [1.807, 2.05) is 20.8 Å². The number of esters is 1. The molecule has 5 heteroatoms. The van der Waals surface area contributed by atoms with Crippen LogP contribution in [0.15, 0.2) is 0 Å². The smallest absolute Gasteiger partial charge is 0.410 e. The van der Waals surface area contributed by atoms with E-state index in [4.69, 9.17) is 9.47 Å². The molecule has 0 radical (unpaired) electrons. The Kier molecular flexibility index (Phi) is 3.74. The van der Waals surface area contributed by atoms with Gasteiger partial charge in [0.1, 0.15) is 5.60 Å². The van der Waals surface area contributed by atoms with Crippen molar-refractivity contribution in [3.8, 4) is 0 Å². The minimum Gasteiger partial charge on any atom is -0.466 e. The molecule has 0 aromatic rings. The van der Waals surface area contributed by atoms with Crippen molar-refractivity contribution >= 4 is 12.1 Å². The molecule has 0 aromatic carbocycles. The maximum atomic E-state index is 12.2. The van der Waals surface area contributed by atoms with Gasteiger partial charge in [0.15, 0.2) is 0 Å². The summed E-state index contributed by atoms with van der Waals surface area (Å²) in [5.41, 5.74) is -0.501. The molecule has 0 aromatic heterocycles. The molecule has 1 amide bonds. The van der Waals surface area contributed by atoms with E-state index >= 15 is 0 Å². The number of fused-ring (bicyclic) bond motifs is 2. The van der Waals surface area contributed by atoms with E-state index in [1.165, 1.54) is 0 Å². The van der Waals surface area contributed by atoms with Gasteiger partial charge in [0, 0.05) is 12.1 Å². The Hall–Kier alpha value is -1.26. The second kappa shape index (κ2) is 5.02. The molecule has 0 aliphatic carbocycles. The molecule has 108 valence electrons. The van der Waals surface area contributed by atoms with Crippen LogP contribution in [-0.4, -0.2) is 41.3 Å². The summed E-state index contributed by atoms with van der Waals surface area (Å²) in [5.74, 6) is -0.352. The van der Waals surface area contributed by atoms with E-state index < -0.39 is 5.60 Å². The lowest BCUT2D eigenvalue weighted by Crippen LogP contribution is -2.41. The molecule has 2 bridgehead atoms. The van der Waals surface area contributed by atoms with E-state index in [9.17, 15) is 9.59 Å². The number of hydrogen-bond acceptors (Lipinski definition) is 4. The summed E-state index contributed by atoms with van der Waals surface area (Å²) >= 11 is 0. The third kappa shape index (κ3) is 2.85. The van der Waals surface area contributed by atoms with Crippen LogP contribution in [0.2, 0.25) is 0 Å². The molecule has 0 saturated carbocycles. The lowest BCUT2D eigenvalue weighted by atomic mass is 9.89. The standard InChI is InChI=1S/C14H23NO4/c1-5-18-12(16)10-8-9-6-7-11(10)15(9)13(17)19-14(2,3)4/h9-11H,5-8H2,1-4H3/t9-,10+,11+/m1/s1. The van der Waals surface area contributed by atoms with Gasteiger partial charge < -0.3 is 14.4 Å². The highest BCUT2D eigenvalue weighted by Gasteiger charge is 2.52. The Morgan fingerprint density at radius 1 is 1.26 bits per heavy atom. The molecule has 0 N–H and O–H groups in total. The second-order valence-corrected chi connectivity index (χ2v) is 6.28. The fraction of sp³-hybridized carbons (Fsp3) is 0.857. The van der Waals surface area contributed by atoms with E-state index in [1.54, 1.807) is 11.8 Å². The van der Waals surface area contributed by atoms with Crippen LogP contribution in [0.5, 0.6) is 0 Å². The summed E-state index contributed by atoms with van der Waals surface area (Å²) in [6.45, 7) is 7.75. The van der Waals surface area contributed by atoms with Crippen molar-refractivity contribution in [1.29, 1.82) is 0 Å². The Morgan fingerprint density at radius 2 is 1.95 bits per heavy atom. The Bertz CT molecular complexity index is 374. The molecule has 0 unspecified atom stereocenters.